The van der Waals surface area contributed by atoms with E-state index in [9.17, 15) is 0 Å². The molecule has 0 heterocycles. The molecule has 4 rings (SSSR count). The van der Waals surface area contributed by atoms with Crippen molar-refractivity contribution in [2.24, 2.45) is 5.92 Å². The summed E-state index contributed by atoms with van der Waals surface area (Å²) in [7, 11) is 0. The first-order chi connectivity index (χ1) is 13.3. The van der Waals surface area contributed by atoms with Crippen LogP contribution in [0, 0.1) is 5.92 Å². The van der Waals surface area contributed by atoms with Crippen molar-refractivity contribution in [1.29, 1.82) is 0 Å². The Morgan fingerprint density at radius 1 is 0.852 bits per heavy atom. The van der Waals surface area contributed by atoms with E-state index in [0.717, 1.165) is 11.7 Å². The van der Waals surface area contributed by atoms with Crippen LogP contribution in [0.2, 0.25) is 0 Å². The van der Waals surface area contributed by atoms with Crippen molar-refractivity contribution in [2.75, 3.05) is 4.43 Å². The van der Waals surface area contributed by atoms with Crippen LogP contribution in [-0.2, 0) is 19.4 Å². The number of benzene rings is 3. The van der Waals surface area contributed by atoms with Crippen molar-refractivity contribution >= 4 is 22.6 Å². The molecule has 1 nitrogen and oxygen atoms in total. The van der Waals surface area contributed by atoms with Crippen LogP contribution in [0.1, 0.15) is 29.5 Å². The Hall–Kier alpha value is -1.81. The summed E-state index contributed by atoms with van der Waals surface area (Å²) in [4.78, 5) is 0. The predicted octanol–water partition coefficient (Wildman–Crippen LogP) is 6.86. The van der Waals surface area contributed by atoms with Gasteiger partial charge in [-0.05, 0) is 76.0 Å². The SMILES string of the molecule is ICCC1CCc2cc(OCc3ccc(-c4ccccc4)cc3)ccc2C1. The average molecular weight is 468 g/mol. The molecule has 1 atom stereocenters. The summed E-state index contributed by atoms with van der Waals surface area (Å²) in [5.74, 6) is 1.86. The van der Waals surface area contributed by atoms with Crippen LogP contribution in [0.4, 0.5) is 0 Å². The average Bonchev–Trinajstić information content (AvgIpc) is 2.73. The maximum absolute atomic E-state index is 6.08. The molecule has 0 aliphatic heterocycles. The van der Waals surface area contributed by atoms with E-state index in [4.69, 9.17) is 4.74 Å². The highest BCUT2D eigenvalue weighted by molar-refractivity contribution is 14.1. The Labute approximate surface area is 175 Å². The van der Waals surface area contributed by atoms with Crippen LogP contribution in [0.15, 0.2) is 72.8 Å². The van der Waals surface area contributed by atoms with Gasteiger partial charge in [-0.3, -0.25) is 0 Å². The number of halogens is 1. The quantitative estimate of drug-likeness (QED) is 0.284. The van der Waals surface area contributed by atoms with Crippen LogP contribution >= 0.6 is 22.6 Å². The molecule has 2 heteroatoms. The molecule has 1 aliphatic carbocycles. The summed E-state index contributed by atoms with van der Waals surface area (Å²) in [5.41, 5.74) is 6.71. The first-order valence-electron chi connectivity index (χ1n) is 9.77. The number of hydrogen-bond acceptors (Lipinski definition) is 1. The lowest BCUT2D eigenvalue weighted by atomic mass is 9.82. The van der Waals surface area contributed by atoms with Crippen LogP contribution in [0.3, 0.4) is 0 Å². The maximum Gasteiger partial charge on any atom is 0.120 e. The molecule has 3 aromatic carbocycles. The van der Waals surface area contributed by atoms with Crippen molar-refractivity contribution in [3.8, 4) is 16.9 Å². The van der Waals surface area contributed by atoms with Gasteiger partial charge in [0.2, 0.25) is 0 Å². The van der Waals surface area contributed by atoms with Crippen LogP contribution in [0.25, 0.3) is 11.1 Å². The lowest BCUT2D eigenvalue weighted by molar-refractivity contribution is 0.305. The molecule has 138 valence electrons. The van der Waals surface area contributed by atoms with E-state index in [-0.39, 0.29) is 0 Å². The number of alkyl halides is 1. The van der Waals surface area contributed by atoms with E-state index in [2.05, 4.69) is 89.3 Å². The molecule has 0 saturated carbocycles. The smallest absolute Gasteiger partial charge is 0.120 e. The molecule has 0 spiro atoms. The van der Waals surface area contributed by atoms with Gasteiger partial charge in [-0.25, -0.2) is 0 Å². The van der Waals surface area contributed by atoms with Crippen LogP contribution in [0.5, 0.6) is 5.75 Å². The standard InChI is InChI=1S/C25H25IO/c26-15-14-19-6-11-24-17-25(13-12-23(24)16-19)27-18-20-7-9-22(10-8-20)21-4-2-1-3-5-21/h1-5,7-10,12-13,17,19H,6,11,14-16,18H2. The number of fused-ring (bicyclic) bond motifs is 1. The normalized spacial score (nSPS) is 16.0. The summed E-state index contributed by atoms with van der Waals surface area (Å²) in [6.07, 6.45) is 5.09. The highest BCUT2D eigenvalue weighted by atomic mass is 127. The third kappa shape index (κ3) is 4.73. The summed E-state index contributed by atoms with van der Waals surface area (Å²) >= 11 is 2.50. The lowest BCUT2D eigenvalue weighted by Gasteiger charge is -2.24. The van der Waals surface area contributed by atoms with Crippen LogP contribution < -0.4 is 4.74 Å². The van der Waals surface area contributed by atoms with Gasteiger partial charge in [0.05, 0.1) is 0 Å². The Kier molecular flexibility index (Phi) is 6.13. The molecule has 3 aromatic rings. The Balaban J connectivity index is 1.38. The number of hydrogen-bond donors (Lipinski definition) is 0. The van der Waals surface area contributed by atoms with Gasteiger partial charge >= 0.3 is 0 Å². The highest BCUT2D eigenvalue weighted by Crippen LogP contribution is 2.31. The zero-order chi connectivity index (χ0) is 18.5. The Bertz CT molecular complexity index is 871. The molecule has 0 amide bonds. The topological polar surface area (TPSA) is 9.23 Å². The molecule has 1 unspecified atom stereocenters. The largest absolute Gasteiger partial charge is 0.489 e. The molecular formula is C25H25IO. The predicted molar refractivity (Wildman–Crippen MR) is 122 cm³/mol. The second kappa shape index (κ2) is 8.92. The molecule has 0 aromatic heterocycles. The number of ether oxygens (including phenoxy) is 1. The number of aryl methyl sites for hydroxylation is 1. The first kappa shape index (κ1) is 18.5. The summed E-state index contributed by atoms with van der Waals surface area (Å²) in [6, 6.07) is 25.8. The Morgan fingerprint density at radius 3 is 2.41 bits per heavy atom. The molecule has 0 bridgehead atoms. The van der Waals surface area contributed by atoms with Crippen molar-refractivity contribution in [3.63, 3.8) is 0 Å². The molecule has 0 radical (unpaired) electrons. The molecule has 27 heavy (non-hydrogen) atoms. The van der Waals surface area contributed by atoms with E-state index in [1.165, 1.54) is 57.9 Å². The fraction of sp³-hybridized carbons (Fsp3) is 0.280. The second-order valence-corrected chi connectivity index (χ2v) is 8.45. The third-order valence-electron chi connectivity index (χ3n) is 5.49. The minimum absolute atomic E-state index is 0.616. The van der Waals surface area contributed by atoms with E-state index in [1.807, 2.05) is 6.07 Å². The van der Waals surface area contributed by atoms with Gasteiger partial charge in [0, 0.05) is 0 Å². The van der Waals surface area contributed by atoms with Crippen molar-refractivity contribution < 1.29 is 4.74 Å². The van der Waals surface area contributed by atoms with Gasteiger partial charge in [-0.2, -0.15) is 0 Å². The second-order valence-electron chi connectivity index (χ2n) is 7.37. The molecule has 0 N–H and O–H groups in total. The van der Waals surface area contributed by atoms with E-state index in [0.29, 0.717) is 6.61 Å². The molecule has 0 fully saturated rings. The number of rotatable bonds is 6. The Morgan fingerprint density at radius 2 is 1.63 bits per heavy atom. The van der Waals surface area contributed by atoms with Gasteiger partial charge in [0.1, 0.15) is 12.4 Å². The summed E-state index contributed by atoms with van der Waals surface area (Å²) in [5, 5.41) is 0. The van der Waals surface area contributed by atoms with E-state index < -0.39 is 0 Å². The third-order valence-corrected chi connectivity index (χ3v) is 6.11. The zero-order valence-electron chi connectivity index (χ0n) is 15.5. The molecule has 1 aliphatic rings. The van der Waals surface area contributed by atoms with Gasteiger partial charge in [-0.15, -0.1) is 0 Å². The van der Waals surface area contributed by atoms with Crippen LogP contribution in [-0.4, -0.2) is 4.43 Å². The highest BCUT2D eigenvalue weighted by Gasteiger charge is 2.18. The first-order valence-corrected chi connectivity index (χ1v) is 11.3. The maximum atomic E-state index is 6.08. The summed E-state index contributed by atoms with van der Waals surface area (Å²) in [6.45, 7) is 0.616. The monoisotopic (exact) mass is 468 g/mol. The van der Waals surface area contributed by atoms with E-state index in [1.54, 1.807) is 0 Å². The molecule has 0 saturated heterocycles. The van der Waals surface area contributed by atoms with Crippen molar-refractivity contribution in [2.45, 2.75) is 32.3 Å². The van der Waals surface area contributed by atoms with Gasteiger partial charge < -0.3 is 4.74 Å². The van der Waals surface area contributed by atoms with Gasteiger partial charge in [-0.1, -0.05) is 83.3 Å². The van der Waals surface area contributed by atoms with Gasteiger partial charge in [0.15, 0.2) is 0 Å². The molecular weight excluding hydrogens is 443 g/mol. The van der Waals surface area contributed by atoms with Crippen molar-refractivity contribution in [3.05, 3.63) is 89.5 Å². The minimum atomic E-state index is 0.616. The van der Waals surface area contributed by atoms with Crippen molar-refractivity contribution in [1.82, 2.24) is 0 Å². The minimum Gasteiger partial charge on any atom is -0.489 e. The fourth-order valence-corrected chi connectivity index (χ4v) is 4.77. The zero-order valence-corrected chi connectivity index (χ0v) is 17.7. The summed E-state index contributed by atoms with van der Waals surface area (Å²) < 4.78 is 7.34. The lowest BCUT2D eigenvalue weighted by Crippen LogP contribution is -2.14. The van der Waals surface area contributed by atoms with Gasteiger partial charge in [0.25, 0.3) is 0 Å². The fourth-order valence-electron chi connectivity index (χ4n) is 3.89. The van der Waals surface area contributed by atoms with E-state index >= 15 is 0 Å².